The van der Waals surface area contributed by atoms with E-state index in [0.717, 1.165) is 51.4 Å². The average molecular weight is 854 g/mol. The number of carbonyl (C=O) groups excluding carboxylic acids is 1. The molecule has 59 heavy (non-hydrogen) atoms. The van der Waals surface area contributed by atoms with E-state index >= 15 is 0 Å². The van der Waals surface area contributed by atoms with Gasteiger partial charge in [0.15, 0.2) is 0 Å². The van der Waals surface area contributed by atoms with E-state index in [1.807, 2.05) is 27.2 Å². The quantitative estimate of drug-likeness (QED) is 0.0244. The lowest BCUT2D eigenvalue weighted by atomic mass is 10.0. The predicted molar refractivity (Wildman–Crippen MR) is 254 cm³/mol. The second-order valence-corrected chi connectivity index (χ2v) is 19.6. The number of amides is 1. The maximum Gasteiger partial charge on any atom is 0.472 e. The van der Waals surface area contributed by atoms with Crippen LogP contribution in [0.5, 0.6) is 0 Å². The molecule has 0 aromatic rings. The van der Waals surface area contributed by atoms with Gasteiger partial charge < -0.3 is 19.8 Å². The molecular weight excluding hydrogens is 756 g/mol. The summed E-state index contributed by atoms with van der Waals surface area (Å²) in [6, 6.07) is -0.866. The van der Waals surface area contributed by atoms with Crippen molar-refractivity contribution < 1.29 is 32.9 Å². The third-order valence-electron chi connectivity index (χ3n) is 11.1. The van der Waals surface area contributed by atoms with E-state index in [0.29, 0.717) is 17.4 Å². The maximum absolute atomic E-state index is 12.9. The van der Waals surface area contributed by atoms with Crippen molar-refractivity contribution >= 4 is 13.7 Å². The Morgan fingerprint density at radius 3 is 1.36 bits per heavy atom. The number of hydrogen-bond acceptors (Lipinski definition) is 5. The summed E-state index contributed by atoms with van der Waals surface area (Å²) in [5.74, 6) is -0.195. The minimum atomic E-state index is -4.35. The van der Waals surface area contributed by atoms with E-state index in [1.165, 1.54) is 154 Å². The Morgan fingerprint density at radius 2 is 0.932 bits per heavy atom. The summed E-state index contributed by atoms with van der Waals surface area (Å²) in [5, 5.41) is 13.8. The van der Waals surface area contributed by atoms with E-state index in [1.54, 1.807) is 6.08 Å². The van der Waals surface area contributed by atoms with Gasteiger partial charge in [0, 0.05) is 6.42 Å². The number of aliphatic hydroxyl groups excluding tert-OH is 1. The lowest BCUT2D eigenvalue weighted by Crippen LogP contribution is -2.45. The summed E-state index contributed by atoms with van der Waals surface area (Å²) >= 11 is 0. The summed E-state index contributed by atoms with van der Waals surface area (Å²) in [5.41, 5.74) is 0. The van der Waals surface area contributed by atoms with Crippen molar-refractivity contribution in [1.29, 1.82) is 0 Å². The van der Waals surface area contributed by atoms with Crippen LogP contribution in [0.15, 0.2) is 36.5 Å². The van der Waals surface area contributed by atoms with Crippen LogP contribution in [0.2, 0.25) is 0 Å². The number of unbranched alkanes of at least 4 members (excludes halogenated alkanes) is 28. The maximum atomic E-state index is 12.9. The molecule has 0 aliphatic rings. The molecule has 1 amide bonds. The monoisotopic (exact) mass is 854 g/mol. The average Bonchev–Trinajstić information content (AvgIpc) is 3.19. The molecule has 0 aromatic heterocycles. The fraction of sp³-hybridized carbons (Fsp3) is 0.860. The van der Waals surface area contributed by atoms with Gasteiger partial charge in [0.1, 0.15) is 13.2 Å². The summed E-state index contributed by atoms with van der Waals surface area (Å²) in [6.07, 6.45) is 52.3. The minimum absolute atomic E-state index is 0.0548. The van der Waals surface area contributed by atoms with Gasteiger partial charge in [-0.15, -0.1) is 0 Å². The second-order valence-electron chi connectivity index (χ2n) is 18.2. The molecule has 3 N–H and O–H groups in total. The third-order valence-corrected chi connectivity index (χ3v) is 12.1. The van der Waals surface area contributed by atoms with E-state index in [-0.39, 0.29) is 19.1 Å². The van der Waals surface area contributed by atoms with E-state index in [4.69, 9.17) is 9.05 Å². The summed E-state index contributed by atoms with van der Waals surface area (Å²) in [4.78, 5) is 23.1. The SMILES string of the molecule is CCCCCCC/C=C\CCCCCCCC(=O)NC(COP(=O)(O)OCC[N+](C)(C)C)C(O)/C=C/CC/C=C/CCCCCCCCCCCCCCCCCCC. The first-order chi connectivity index (χ1) is 28.5. The van der Waals surface area contributed by atoms with Crippen LogP contribution < -0.4 is 5.32 Å². The number of phosphoric acid groups is 1. The Bertz CT molecular complexity index is 1060. The third kappa shape index (κ3) is 44.6. The molecule has 0 aliphatic carbocycles. The van der Waals surface area contributed by atoms with Gasteiger partial charge in [0.25, 0.3) is 0 Å². The molecule has 8 nitrogen and oxygen atoms in total. The Labute approximate surface area is 366 Å². The molecule has 9 heteroatoms. The lowest BCUT2D eigenvalue weighted by Gasteiger charge is -2.25. The Hall–Kier alpha value is -1.28. The molecule has 0 fully saturated rings. The first-order valence-electron chi connectivity index (χ1n) is 24.9. The van der Waals surface area contributed by atoms with Crippen LogP contribution in [-0.4, -0.2) is 73.4 Å². The highest BCUT2D eigenvalue weighted by molar-refractivity contribution is 7.47. The van der Waals surface area contributed by atoms with Crippen LogP contribution >= 0.6 is 7.82 Å². The van der Waals surface area contributed by atoms with Gasteiger partial charge in [-0.3, -0.25) is 13.8 Å². The Balaban J connectivity index is 4.35. The minimum Gasteiger partial charge on any atom is -0.387 e. The fourth-order valence-electron chi connectivity index (χ4n) is 7.11. The van der Waals surface area contributed by atoms with E-state index in [9.17, 15) is 19.4 Å². The molecule has 3 atom stereocenters. The molecule has 3 unspecified atom stereocenters. The fourth-order valence-corrected chi connectivity index (χ4v) is 7.85. The van der Waals surface area contributed by atoms with Gasteiger partial charge in [-0.25, -0.2) is 4.57 Å². The lowest BCUT2D eigenvalue weighted by molar-refractivity contribution is -0.870. The Morgan fingerprint density at radius 1 is 0.559 bits per heavy atom. The highest BCUT2D eigenvalue weighted by Gasteiger charge is 2.27. The van der Waals surface area contributed by atoms with Gasteiger partial charge in [0.05, 0.1) is 39.9 Å². The summed E-state index contributed by atoms with van der Waals surface area (Å²) < 4.78 is 23.6. The van der Waals surface area contributed by atoms with Gasteiger partial charge in [0.2, 0.25) is 5.91 Å². The van der Waals surface area contributed by atoms with Crippen molar-refractivity contribution in [3.63, 3.8) is 0 Å². The van der Waals surface area contributed by atoms with Gasteiger partial charge in [-0.1, -0.05) is 198 Å². The van der Waals surface area contributed by atoms with Crippen LogP contribution in [0.1, 0.15) is 226 Å². The normalized spacial score (nSPS) is 14.5. The first-order valence-corrected chi connectivity index (χ1v) is 26.4. The van der Waals surface area contributed by atoms with Gasteiger partial charge in [-0.2, -0.15) is 0 Å². The zero-order valence-corrected chi connectivity index (χ0v) is 40.4. The number of carbonyl (C=O) groups is 1. The number of nitrogens with zero attached hydrogens (tertiary/aromatic N) is 1. The molecule has 0 rings (SSSR count). The van der Waals surface area contributed by atoms with Crippen LogP contribution in [0, 0.1) is 0 Å². The van der Waals surface area contributed by atoms with E-state index in [2.05, 4.69) is 43.5 Å². The molecule has 0 heterocycles. The first kappa shape index (κ1) is 57.7. The number of hydrogen-bond donors (Lipinski definition) is 3. The number of rotatable bonds is 45. The molecule has 348 valence electrons. The highest BCUT2D eigenvalue weighted by Crippen LogP contribution is 2.43. The zero-order valence-electron chi connectivity index (χ0n) is 39.5. The molecule has 0 aliphatic heterocycles. The predicted octanol–water partition coefficient (Wildman–Crippen LogP) is 14.3. The van der Waals surface area contributed by atoms with Crippen molar-refractivity contribution in [1.82, 2.24) is 5.32 Å². The van der Waals surface area contributed by atoms with Crippen LogP contribution in [0.25, 0.3) is 0 Å². The second kappa shape index (κ2) is 42.0. The molecule has 0 aromatic carbocycles. The zero-order chi connectivity index (χ0) is 43.6. The number of nitrogens with one attached hydrogen (secondary N) is 1. The standard InChI is InChI=1S/C50H97N2O6P/c1-6-8-10-12-14-16-18-20-22-23-24-25-26-27-28-29-30-31-33-35-37-39-41-43-49(53)48(47-58-59(55,56)57-46-45-52(3,4)5)51-50(54)44-42-40-38-36-34-32-21-19-17-15-13-11-9-7-2/h19,21,33,35,41,43,48-49,53H,6-18,20,22-32,34,36-40,42,44-47H2,1-5H3,(H-,51,54,55,56)/p+1/b21-19-,35-33+,43-41+. The van der Waals surface area contributed by atoms with Gasteiger partial charge >= 0.3 is 7.82 Å². The van der Waals surface area contributed by atoms with Crippen molar-refractivity contribution in [3.8, 4) is 0 Å². The molecule has 0 saturated heterocycles. The van der Waals surface area contributed by atoms with Crippen LogP contribution in [0.3, 0.4) is 0 Å². The number of allylic oxidation sites excluding steroid dienone is 5. The van der Waals surface area contributed by atoms with Crippen LogP contribution in [-0.2, 0) is 18.4 Å². The largest absolute Gasteiger partial charge is 0.472 e. The Kier molecular flexibility index (Phi) is 41.1. The number of phosphoric ester groups is 1. The number of likely N-dealkylation sites (N-methyl/N-ethyl adjacent to an activating group) is 1. The van der Waals surface area contributed by atoms with Crippen molar-refractivity contribution in [2.45, 2.75) is 238 Å². The van der Waals surface area contributed by atoms with Crippen molar-refractivity contribution in [3.05, 3.63) is 36.5 Å². The van der Waals surface area contributed by atoms with E-state index < -0.39 is 20.0 Å². The molecule has 0 saturated carbocycles. The van der Waals surface area contributed by atoms with Crippen LogP contribution in [0.4, 0.5) is 0 Å². The van der Waals surface area contributed by atoms with Crippen molar-refractivity contribution in [2.75, 3.05) is 40.9 Å². The number of quaternary nitrogens is 1. The smallest absolute Gasteiger partial charge is 0.387 e. The summed E-state index contributed by atoms with van der Waals surface area (Å²) in [6.45, 7) is 4.79. The summed E-state index contributed by atoms with van der Waals surface area (Å²) in [7, 11) is 1.55. The van der Waals surface area contributed by atoms with Gasteiger partial charge in [-0.05, 0) is 57.8 Å². The number of aliphatic hydroxyl groups is 1. The molecule has 0 bridgehead atoms. The molecule has 0 radical (unpaired) electrons. The molecule has 0 spiro atoms. The highest BCUT2D eigenvalue weighted by atomic mass is 31.2. The van der Waals surface area contributed by atoms with Crippen molar-refractivity contribution in [2.24, 2.45) is 0 Å². The molecular formula is C50H98N2O6P+. The topological polar surface area (TPSA) is 105 Å².